The van der Waals surface area contributed by atoms with Gasteiger partial charge in [-0.25, -0.2) is 0 Å². The number of benzene rings is 12. The van der Waals surface area contributed by atoms with Crippen LogP contribution in [0.15, 0.2) is 212 Å². The van der Waals surface area contributed by atoms with Crippen molar-refractivity contribution < 1.29 is 0 Å². The highest BCUT2D eigenvalue weighted by atomic mass is 14.9. The van der Waals surface area contributed by atoms with Crippen molar-refractivity contribution in [1.29, 1.82) is 0 Å². The van der Waals surface area contributed by atoms with E-state index in [9.17, 15) is 0 Å². The van der Waals surface area contributed by atoms with Gasteiger partial charge in [-0.2, -0.15) is 0 Å². The topological polar surface area (TPSA) is 4.41 Å². The molecule has 1 nitrogen and oxygen atoms in total. The van der Waals surface area contributed by atoms with Crippen molar-refractivity contribution in [3.8, 4) is 55.6 Å². The highest BCUT2D eigenvalue weighted by Crippen LogP contribution is 2.48. The third-order valence-corrected chi connectivity index (χ3v) is 17.1. The molecule has 0 aliphatic rings. The zero-order valence-corrected chi connectivity index (χ0v) is 45.5. The molecule has 2 heterocycles. The van der Waals surface area contributed by atoms with Gasteiger partial charge in [-0.1, -0.05) is 219 Å². The number of hydrogen-bond donors (Lipinski definition) is 0. The molecule has 0 atom stereocenters. The van der Waals surface area contributed by atoms with Crippen LogP contribution in [0.25, 0.3) is 137 Å². The average Bonchev–Trinajstić information content (AvgIpc) is 4.19. The molecule has 2 aromatic heterocycles. The van der Waals surface area contributed by atoms with Gasteiger partial charge in [0.1, 0.15) is 0 Å². The van der Waals surface area contributed by atoms with Crippen LogP contribution in [-0.4, -0.2) is 4.40 Å². The predicted molar refractivity (Wildman–Crippen MR) is 335 cm³/mol. The molecule has 0 bridgehead atoms. The number of nitrogens with zero attached hydrogens (tertiary/aromatic N) is 1. The molecule has 0 radical (unpaired) electrons. The van der Waals surface area contributed by atoms with E-state index < -0.39 is 0 Å². The number of aromatic nitrogens is 1. The van der Waals surface area contributed by atoms with E-state index in [2.05, 4.69) is 272 Å². The highest BCUT2D eigenvalue weighted by Gasteiger charge is 2.24. The zero-order chi connectivity index (χ0) is 52.4. The Hall–Kier alpha value is -8.52. The summed E-state index contributed by atoms with van der Waals surface area (Å²) in [5.41, 5.74) is 22.3. The van der Waals surface area contributed by atoms with Gasteiger partial charge in [0.15, 0.2) is 0 Å². The van der Waals surface area contributed by atoms with E-state index >= 15 is 0 Å². The first-order valence-corrected chi connectivity index (χ1v) is 28.0. The Kier molecular flexibility index (Phi) is 11.0. The lowest BCUT2D eigenvalue weighted by Gasteiger charge is -2.20. The number of hydrogen-bond acceptors (Lipinski definition) is 0. The van der Waals surface area contributed by atoms with Gasteiger partial charge in [0.05, 0.1) is 16.6 Å². The summed E-state index contributed by atoms with van der Waals surface area (Å²) in [6.07, 6.45) is 0. The van der Waals surface area contributed by atoms with E-state index in [-0.39, 0.29) is 0 Å². The van der Waals surface area contributed by atoms with Gasteiger partial charge in [-0.05, 0) is 193 Å². The average molecular weight is 990 g/mol. The second-order valence-corrected chi connectivity index (χ2v) is 23.1. The van der Waals surface area contributed by atoms with Crippen molar-refractivity contribution in [2.45, 2.75) is 79.1 Å². The lowest BCUT2D eigenvalue weighted by molar-refractivity contribution is 0.838. The molecule has 0 spiro atoms. The van der Waals surface area contributed by atoms with Crippen LogP contribution in [0.3, 0.4) is 0 Å². The maximum absolute atomic E-state index is 2.58. The van der Waals surface area contributed by atoms with E-state index in [0.29, 0.717) is 23.7 Å². The van der Waals surface area contributed by atoms with Crippen molar-refractivity contribution in [1.82, 2.24) is 4.40 Å². The minimum Gasteiger partial charge on any atom is -0.308 e. The lowest BCUT2D eigenvalue weighted by Crippen LogP contribution is -1.99. The Labute approximate surface area is 452 Å². The van der Waals surface area contributed by atoms with E-state index in [1.54, 1.807) is 0 Å². The number of rotatable bonds is 9. The third-order valence-electron chi connectivity index (χ3n) is 17.1. The maximum Gasteiger partial charge on any atom is 0.0620 e. The molecule has 0 amide bonds. The van der Waals surface area contributed by atoms with Crippen LogP contribution in [0.5, 0.6) is 0 Å². The molecule has 1 heteroatoms. The SMILES string of the molecule is CC(C)c1cccc(C(C)C)c1-c1ccc2cc3c(cc2c1)c1cc(-c2ccc(-c4c5ccccc5c(-c5ccccc5)c5ccccc45)cc2)cc2c4cc5cc(-c6c(C(C)C)cccc6C(C)C)ccc5cc4n3c12. The van der Waals surface area contributed by atoms with Crippen LogP contribution in [0.1, 0.15) is 101 Å². The first-order chi connectivity index (χ1) is 37.5. The molecule has 14 rings (SSSR count). The fourth-order valence-corrected chi connectivity index (χ4v) is 13.5. The summed E-state index contributed by atoms with van der Waals surface area (Å²) >= 11 is 0. The molecule has 372 valence electrons. The smallest absolute Gasteiger partial charge is 0.0620 e. The number of fused-ring (bicyclic) bond motifs is 10. The Morgan fingerprint density at radius 2 is 0.597 bits per heavy atom. The predicted octanol–water partition coefficient (Wildman–Crippen LogP) is 22.3. The van der Waals surface area contributed by atoms with E-state index in [0.717, 1.165) is 0 Å². The Balaban J connectivity index is 0.998. The van der Waals surface area contributed by atoms with Crippen molar-refractivity contribution in [2.24, 2.45) is 0 Å². The Morgan fingerprint density at radius 1 is 0.234 bits per heavy atom. The molecule has 0 saturated heterocycles. The molecule has 0 saturated carbocycles. The van der Waals surface area contributed by atoms with Crippen molar-refractivity contribution in [2.75, 3.05) is 0 Å². The summed E-state index contributed by atoms with van der Waals surface area (Å²) in [5, 5.41) is 15.3. The van der Waals surface area contributed by atoms with Gasteiger partial charge in [0.25, 0.3) is 0 Å². The quantitative estimate of drug-likeness (QED) is 0.127. The molecule has 0 fully saturated rings. The van der Waals surface area contributed by atoms with E-state index in [1.165, 1.54) is 159 Å². The molecular formula is C76H63N. The summed E-state index contributed by atoms with van der Waals surface area (Å²) in [5.74, 6) is 1.66. The van der Waals surface area contributed by atoms with Gasteiger partial charge < -0.3 is 4.40 Å². The van der Waals surface area contributed by atoms with E-state index in [1.807, 2.05) is 0 Å². The van der Waals surface area contributed by atoms with Gasteiger partial charge in [-0.3, -0.25) is 0 Å². The monoisotopic (exact) mass is 989 g/mol. The van der Waals surface area contributed by atoms with Crippen molar-refractivity contribution >= 4 is 81.2 Å². The molecule has 0 aliphatic carbocycles. The lowest BCUT2D eigenvalue weighted by atomic mass is 9.84. The van der Waals surface area contributed by atoms with Gasteiger partial charge in [-0.15, -0.1) is 0 Å². The summed E-state index contributed by atoms with van der Waals surface area (Å²) in [6.45, 7) is 18.6. The van der Waals surface area contributed by atoms with Crippen LogP contribution in [0.4, 0.5) is 0 Å². The van der Waals surface area contributed by atoms with Crippen LogP contribution in [-0.2, 0) is 0 Å². The molecule has 0 unspecified atom stereocenters. The van der Waals surface area contributed by atoms with Gasteiger partial charge >= 0.3 is 0 Å². The summed E-state index contributed by atoms with van der Waals surface area (Å²) in [7, 11) is 0. The largest absolute Gasteiger partial charge is 0.308 e. The van der Waals surface area contributed by atoms with Crippen LogP contribution < -0.4 is 0 Å². The van der Waals surface area contributed by atoms with E-state index in [4.69, 9.17) is 0 Å². The summed E-state index contributed by atoms with van der Waals surface area (Å²) < 4.78 is 2.58. The first-order valence-electron chi connectivity index (χ1n) is 28.0. The van der Waals surface area contributed by atoms with Gasteiger partial charge in [0.2, 0.25) is 0 Å². The van der Waals surface area contributed by atoms with Crippen molar-refractivity contribution in [3.05, 3.63) is 235 Å². The Bertz CT molecular complexity index is 4360. The summed E-state index contributed by atoms with van der Waals surface area (Å²) in [6, 6.07) is 81.3. The molecule has 14 aromatic rings. The van der Waals surface area contributed by atoms with Crippen LogP contribution in [0.2, 0.25) is 0 Å². The minimum atomic E-state index is 0.415. The van der Waals surface area contributed by atoms with Gasteiger partial charge in [0, 0.05) is 21.5 Å². The maximum atomic E-state index is 2.58. The molecule has 77 heavy (non-hydrogen) atoms. The van der Waals surface area contributed by atoms with Crippen LogP contribution >= 0.6 is 0 Å². The second-order valence-electron chi connectivity index (χ2n) is 23.1. The normalized spacial score (nSPS) is 12.4. The van der Waals surface area contributed by atoms with Crippen LogP contribution in [0, 0.1) is 0 Å². The molecule has 0 N–H and O–H groups in total. The first kappa shape index (κ1) is 47.0. The molecule has 0 aliphatic heterocycles. The standard InChI is InChI=1S/C76H63N/c1-44(2)58-24-16-25-59(45(3)4)74(58)53-34-32-51-42-70-66(38-55(51)36-53)68-40-57(48-28-30-50(31-29-48)73-64-22-14-12-20-62(64)72(49-18-10-9-11-19-49)63-21-13-15-23-65(63)73)41-69-67-39-56-37-54(35-33-52(56)43-71(67)77(70)76(68)69)75-60(46(5)6)26-17-27-61(75)47(7)8/h9-47H,1-8H3. The third kappa shape index (κ3) is 7.42. The molecule has 12 aromatic carbocycles. The Morgan fingerprint density at radius 3 is 1.00 bits per heavy atom. The summed E-state index contributed by atoms with van der Waals surface area (Å²) in [4.78, 5) is 0. The minimum absolute atomic E-state index is 0.415. The zero-order valence-electron chi connectivity index (χ0n) is 45.5. The highest BCUT2D eigenvalue weighted by molar-refractivity contribution is 6.27. The second kappa shape index (κ2) is 18.1. The molecular weight excluding hydrogens is 927 g/mol. The fourth-order valence-electron chi connectivity index (χ4n) is 13.5. The fraction of sp³-hybridized carbons (Fsp3) is 0.158. The van der Waals surface area contributed by atoms with Crippen molar-refractivity contribution in [3.63, 3.8) is 0 Å².